The third-order valence-electron chi connectivity index (χ3n) is 2.84. The lowest BCUT2D eigenvalue weighted by molar-refractivity contribution is 0.200. The van der Waals surface area contributed by atoms with Gasteiger partial charge in [0.25, 0.3) is 0 Å². The number of hydrogen-bond acceptors (Lipinski definition) is 1. The highest BCUT2D eigenvalue weighted by Gasteiger charge is 2.18. The average Bonchev–Trinajstić information content (AvgIpc) is 2.35. The van der Waals surface area contributed by atoms with Crippen LogP contribution in [0.25, 0.3) is 0 Å². The Bertz CT molecular complexity index is 399. The second kappa shape index (κ2) is 5.36. The van der Waals surface area contributed by atoms with Gasteiger partial charge >= 0.3 is 6.03 Å². The maximum atomic E-state index is 13.5. The molecule has 1 fully saturated rings. The van der Waals surface area contributed by atoms with Crippen LogP contribution in [0, 0.1) is 5.82 Å². The van der Waals surface area contributed by atoms with E-state index in [2.05, 4.69) is 5.32 Å². The Morgan fingerprint density at radius 2 is 2.00 bits per heavy atom. The van der Waals surface area contributed by atoms with E-state index in [0.29, 0.717) is 0 Å². The molecular weight excluding hydrogens is 243 g/mol. The van der Waals surface area contributed by atoms with Gasteiger partial charge in [0, 0.05) is 13.1 Å². The van der Waals surface area contributed by atoms with Crippen molar-refractivity contribution in [3.63, 3.8) is 0 Å². The fraction of sp³-hybridized carbons (Fsp3) is 0.417. The molecule has 1 N–H and O–H groups in total. The zero-order valence-corrected chi connectivity index (χ0v) is 10.1. The Kier molecular flexibility index (Phi) is 3.84. The fourth-order valence-electron chi connectivity index (χ4n) is 1.90. The smallest absolute Gasteiger partial charge is 0.321 e. The number of nitrogens with one attached hydrogen (secondary N) is 1. The van der Waals surface area contributed by atoms with E-state index in [1.54, 1.807) is 11.0 Å². The molecule has 1 heterocycles. The minimum Gasteiger partial charge on any atom is -0.325 e. The summed E-state index contributed by atoms with van der Waals surface area (Å²) in [4.78, 5) is 13.5. The van der Waals surface area contributed by atoms with Crippen molar-refractivity contribution in [3.05, 3.63) is 29.0 Å². The zero-order chi connectivity index (χ0) is 12.3. The van der Waals surface area contributed by atoms with Crippen molar-refractivity contribution >= 4 is 23.3 Å². The second-order valence-corrected chi connectivity index (χ2v) is 4.48. The summed E-state index contributed by atoms with van der Waals surface area (Å²) in [6.45, 7) is 1.44. The van der Waals surface area contributed by atoms with Crippen LogP contribution >= 0.6 is 11.6 Å². The Labute approximate surface area is 105 Å². The molecular formula is C12H14ClFN2O. The molecule has 1 aromatic carbocycles. The van der Waals surface area contributed by atoms with E-state index >= 15 is 0 Å². The quantitative estimate of drug-likeness (QED) is 0.820. The number of piperidine rings is 1. The summed E-state index contributed by atoms with van der Waals surface area (Å²) in [6.07, 6.45) is 3.14. The van der Waals surface area contributed by atoms with Gasteiger partial charge in [0.1, 0.15) is 5.82 Å². The molecule has 2 amide bonds. The van der Waals surface area contributed by atoms with E-state index in [1.807, 2.05) is 0 Å². The van der Waals surface area contributed by atoms with Crippen molar-refractivity contribution in [2.75, 3.05) is 18.4 Å². The molecule has 0 aromatic heterocycles. The number of nitrogens with zero attached hydrogens (tertiary/aromatic N) is 1. The van der Waals surface area contributed by atoms with Crippen molar-refractivity contribution in [2.24, 2.45) is 0 Å². The lowest BCUT2D eigenvalue weighted by Crippen LogP contribution is -2.38. The predicted molar refractivity (Wildman–Crippen MR) is 65.9 cm³/mol. The van der Waals surface area contributed by atoms with Gasteiger partial charge in [-0.25, -0.2) is 9.18 Å². The first-order valence-corrected chi connectivity index (χ1v) is 6.06. The van der Waals surface area contributed by atoms with Crippen molar-refractivity contribution in [3.8, 4) is 0 Å². The Morgan fingerprint density at radius 3 is 2.65 bits per heavy atom. The summed E-state index contributed by atoms with van der Waals surface area (Å²) in [5.41, 5.74) is 0.0599. The minimum atomic E-state index is -0.511. The molecule has 0 bridgehead atoms. The van der Waals surface area contributed by atoms with Gasteiger partial charge in [-0.3, -0.25) is 0 Å². The van der Waals surface area contributed by atoms with E-state index in [9.17, 15) is 9.18 Å². The number of carbonyl (C=O) groups excluding carboxylic acids is 1. The maximum Gasteiger partial charge on any atom is 0.321 e. The average molecular weight is 257 g/mol. The molecule has 2 rings (SSSR count). The van der Waals surface area contributed by atoms with Crippen LogP contribution < -0.4 is 5.32 Å². The third kappa shape index (κ3) is 2.88. The van der Waals surface area contributed by atoms with E-state index in [-0.39, 0.29) is 16.7 Å². The van der Waals surface area contributed by atoms with Gasteiger partial charge in [-0.1, -0.05) is 17.7 Å². The van der Waals surface area contributed by atoms with Gasteiger partial charge in [-0.2, -0.15) is 0 Å². The van der Waals surface area contributed by atoms with E-state index in [0.717, 1.165) is 32.4 Å². The van der Waals surface area contributed by atoms with Crippen LogP contribution in [-0.2, 0) is 0 Å². The first-order valence-electron chi connectivity index (χ1n) is 5.68. The summed E-state index contributed by atoms with van der Waals surface area (Å²) in [5.74, 6) is -0.511. The highest BCUT2D eigenvalue weighted by Crippen LogP contribution is 2.25. The highest BCUT2D eigenvalue weighted by molar-refractivity contribution is 6.33. The molecule has 1 aliphatic heterocycles. The standard InChI is InChI=1S/C12H14ClFN2O/c13-9-5-4-6-10(14)11(9)15-12(17)16-7-2-1-3-8-16/h4-6H,1-3,7-8H2,(H,15,17). The number of halogens is 2. The first kappa shape index (κ1) is 12.2. The number of likely N-dealkylation sites (tertiary alicyclic amines) is 1. The number of hydrogen-bond donors (Lipinski definition) is 1. The second-order valence-electron chi connectivity index (χ2n) is 4.07. The minimum absolute atomic E-state index is 0.0599. The van der Waals surface area contributed by atoms with Gasteiger partial charge < -0.3 is 10.2 Å². The topological polar surface area (TPSA) is 32.3 Å². The van der Waals surface area contributed by atoms with Gasteiger partial charge in [-0.15, -0.1) is 0 Å². The number of carbonyl (C=O) groups is 1. The summed E-state index contributed by atoms with van der Waals surface area (Å²) in [6, 6.07) is 4.05. The van der Waals surface area contributed by atoms with Crippen LogP contribution in [0.3, 0.4) is 0 Å². The molecule has 92 valence electrons. The lowest BCUT2D eigenvalue weighted by atomic mass is 10.1. The third-order valence-corrected chi connectivity index (χ3v) is 3.15. The Hall–Kier alpha value is -1.29. The molecule has 0 atom stereocenters. The monoisotopic (exact) mass is 256 g/mol. The van der Waals surface area contributed by atoms with Gasteiger partial charge in [0.15, 0.2) is 0 Å². The summed E-state index contributed by atoms with van der Waals surface area (Å²) in [5, 5.41) is 2.75. The van der Waals surface area contributed by atoms with Crippen LogP contribution in [0.1, 0.15) is 19.3 Å². The van der Waals surface area contributed by atoms with Crippen molar-refractivity contribution in [2.45, 2.75) is 19.3 Å². The molecule has 1 aliphatic rings. The van der Waals surface area contributed by atoms with Crippen LogP contribution in [0.5, 0.6) is 0 Å². The van der Waals surface area contributed by atoms with Crippen LogP contribution in [0.2, 0.25) is 5.02 Å². The summed E-state index contributed by atoms with van der Waals surface area (Å²) < 4.78 is 13.5. The molecule has 1 saturated heterocycles. The fourth-order valence-corrected chi connectivity index (χ4v) is 2.11. The summed E-state index contributed by atoms with van der Waals surface area (Å²) >= 11 is 5.84. The molecule has 1 aromatic rings. The number of para-hydroxylation sites is 1. The van der Waals surface area contributed by atoms with Gasteiger partial charge in [-0.05, 0) is 31.4 Å². The molecule has 0 radical (unpaired) electrons. The van der Waals surface area contributed by atoms with Crippen molar-refractivity contribution < 1.29 is 9.18 Å². The molecule has 17 heavy (non-hydrogen) atoms. The SMILES string of the molecule is O=C(Nc1c(F)cccc1Cl)N1CCCCC1. The predicted octanol–water partition coefficient (Wildman–Crippen LogP) is 3.50. The lowest BCUT2D eigenvalue weighted by Gasteiger charge is -2.27. The van der Waals surface area contributed by atoms with Gasteiger partial charge in [0.2, 0.25) is 0 Å². The maximum absolute atomic E-state index is 13.5. The highest BCUT2D eigenvalue weighted by atomic mass is 35.5. The molecule has 0 aliphatic carbocycles. The molecule has 0 spiro atoms. The number of benzene rings is 1. The molecule has 0 unspecified atom stereocenters. The van der Waals surface area contributed by atoms with E-state index in [4.69, 9.17) is 11.6 Å². The Morgan fingerprint density at radius 1 is 1.29 bits per heavy atom. The van der Waals surface area contributed by atoms with Crippen LogP contribution in [0.15, 0.2) is 18.2 Å². The number of urea groups is 1. The Balaban J connectivity index is 2.07. The number of amides is 2. The number of anilines is 1. The zero-order valence-electron chi connectivity index (χ0n) is 9.38. The largest absolute Gasteiger partial charge is 0.325 e. The van der Waals surface area contributed by atoms with Gasteiger partial charge in [0.05, 0.1) is 10.7 Å². The summed E-state index contributed by atoms with van der Waals surface area (Å²) in [7, 11) is 0. The molecule has 5 heteroatoms. The van der Waals surface area contributed by atoms with Crippen LogP contribution in [0.4, 0.5) is 14.9 Å². The number of rotatable bonds is 1. The van der Waals surface area contributed by atoms with E-state index in [1.165, 1.54) is 12.1 Å². The van der Waals surface area contributed by atoms with Crippen LogP contribution in [-0.4, -0.2) is 24.0 Å². The molecule has 0 saturated carbocycles. The van der Waals surface area contributed by atoms with Crippen molar-refractivity contribution in [1.29, 1.82) is 0 Å². The normalized spacial score (nSPS) is 15.8. The van der Waals surface area contributed by atoms with Crippen molar-refractivity contribution in [1.82, 2.24) is 4.90 Å². The first-order chi connectivity index (χ1) is 8.18. The molecule has 3 nitrogen and oxygen atoms in total. The van der Waals surface area contributed by atoms with E-state index < -0.39 is 5.82 Å².